The van der Waals surface area contributed by atoms with Gasteiger partial charge in [0.05, 0.1) is 20.8 Å². The van der Waals surface area contributed by atoms with Gasteiger partial charge in [0.2, 0.25) is 5.96 Å². The van der Waals surface area contributed by atoms with Gasteiger partial charge >= 0.3 is 0 Å². The number of carbonyl (C=O) groups excluding carboxylic acids is 1. The molecule has 0 unspecified atom stereocenters. The van der Waals surface area contributed by atoms with Crippen LogP contribution in [-0.4, -0.2) is 31.1 Å². The average molecular weight is 418 g/mol. The third kappa shape index (κ3) is 5.82. The molecule has 0 aliphatic heterocycles. The summed E-state index contributed by atoms with van der Waals surface area (Å²) in [5.41, 5.74) is 4.43. The SMILES string of the molecule is COc1ccc(C(=O)NC(=NCc2cccnc2)Nc2ccc(C)cc2C)cc1OC. The van der Waals surface area contributed by atoms with Crippen molar-refractivity contribution in [1.29, 1.82) is 0 Å². The average Bonchev–Trinajstić information content (AvgIpc) is 2.79. The van der Waals surface area contributed by atoms with Crippen LogP contribution < -0.4 is 20.1 Å². The van der Waals surface area contributed by atoms with Crippen molar-refractivity contribution >= 4 is 17.6 Å². The molecule has 0 saturated carbocycles. The summed E-state index contributed by atoms with van der Waals surface area (Å²) >= 11 is 0. The highest BCUT2D eigenvalue weighted by Crippen LogP contribution is 2.27. The van der Waals surface area contributed by atoms with Crippen molar-refractivity contribution in [2.45, 2.75) is 20.4 Å². The number of aromatic nitrogens is 1. The smallest absolute Gasteiger partial charge is 0.258 e. The summed E-state index contributed by atoms with van der Waals surface area (Å²) in [6, 6.07) is 14.8. The maximum Gasteiger partial charge on any atom is 0.258 e. The number of hydrogen-bond acceptors (Lipinski definition) is 5. The van der Waals surface area contributed by atoms with Crippen LogP contribution in [0.25, 0.3) is 0 Å². The molecule has 2 N–H and O–H groups in total. The van der Waals surface area contributed by atoms with Gasteiger partial charge in [0.25, 0.3) is 5.91 Å². The van der Waals surface area contributed by atoms with E-state index in [1.807, 2.05) is 38.1 Å². The van der Waals surface area contributed by atoms with E-state index < -0.39 is 0 Å². The minimum Gasteiger partial charge on any atom is -0.493 e. The number of hydrogen-bond donors (Lipinski definition) is 2. The van der Waals surface area contributed by atoms with Crippen molar-refractivity contribution in [2.24, 2.45) is 4.99 Å². The topological polar surface area (TPSA) is 84.8 Å². The molecule has 31 heavy (non-hydrogen) atoms. The number of nitrogens with one attached hydrogen (secondary N) is 2. The summed E-state index contributed by atoms with van der Waals surface area (Å²) in [7, 11) is 3.08. The summed E-state index contributed by atoms with van der Waals surface area (Å²) in [5.74, 6) is 1.06. The van der Waals surface area contributed by atoms with Crippen molar-refractivity contribution in [2.75, 3.05) is 19.5 Å². The lowest BCUT2D eigenvalue weighted by Crippen LogP contribution is -2.36. The first kappa shape index (κ1) is 21.8. The van der Waals surface area contributed by atoms with Crippen LogP contribution in [0.4, 0.5) is 5.69 Å². The molecule has 0 radical (unpaired) electrons. The summed E-state index contributed by atoms with van der Waals surface area (Å²) < 4.78 is 10.5. The van der Waals surface area contributed by atoms with Crippen LogP contribution in [0.15, 0.2) is 65.9 Å². The van der Waals surface area contributed by atoms with E-state index >= 15 is 0 Å². The van der Waals surface area contributed by atoms with Gasteiger partial charge in [-0.05, 0) is 55.3 Å². The first-order valence-corrected chi connectivity index (χ1v) is 9.81. The predicted octanol–water partition coefficient (Wildman–Crippen LogP) is 4.11. The molecule has 1 amide bonds. The fourth-order valence-corrected chi connectivity index (χ4v) is 3.01. The Morgan fingerprint density at radius 2 is 1.84 bits per heavy atom. The molecule has 1 aromatic heterocycles. The number of guanidine groups is 1. The Morgan fingerprint density at radius 3 is 2.52 bits per heavy atom. The lowest BCUT2D eigenvalue weighted by Gasteiger charge is -2.15. The van der Waals surface area contributed by atoms with Gasteiger partial charge in [-0.1, -0.05) is 23.8 Å². The van der Waals surface area contributed by atoms with Crippen molar-refractivity contribution in [3.05, 3.63) is 83.2 Å². The van der Waals surface area contributed by atoms with Gasteiger partial charge in [0.15, 0.2) is 11.5 Å². The van der Waals surface area contributed by atoms with Crippen molar-refractivity contribution in [3.8, 4) is 11.5 Å². The number of rotatable bonds is 6. The normalized spacial score (nSPS) is 11.0. The maximum absolute atomic E-state index is 12.9. The van der Waals surface area contributed by atoms with Crippen LogP contribution in [0.2, 0.25) is 0 Å². The van der Waals surface area contributed by atoms with Crippen LogP contribution in [0.3, 0.4) is 0 Å². The summed E-state index contributed by atoms with van der Waals surface area (Å²) in [6.45, 7) is 4.41. The minimum absolute atomic E-state index is 0.317. The Bertz CT molecular complexity index is 1080. The number of amides is 1. The van der Waals surface area contributed by atoms with Crippen molar-refractivity contribution in [3.63, 3.8) is 0 Å². The number of ether oxygens (including phenoxy) is 2. The molecule has 0 spiro atoms. The van der Waals surface area contributed by atoms with Crippen LogP contribution in [0.1, 0.15) is 27.0 Å². The molecule has 7 nitrogen and oxygen atoms in total. The monoisotopic (exact) mass is 418 g/mol. The van der Waals surface area contributed by atoms with E-state index in [-0.39, 0.29) is 5.91 Å². The molecule has 0 aliphatic rings. The van der Waals surface area contributed by atoms with E-state index in [0.717, 1.165) is 22.4 Å². The second-order valence-corrected chi connectivity index (χ2v) is 6.99. The van der Waals surface area contributed by atoms with Gasteiger partial charge in [-0.3, -0.25) is 15.1 Å². The summed E-state index contributed by atoms with van der Waals surface area (Å²) in [5, 5.41) is 6.10. The quantitative estimate of drug-likeness (QED) is 0.465. The summed E-state index contributed by atoms with van der Waals surface area (Å²) in [6.07, 6.45) is 3.45. The van der Waals surface area contributed by atoms with Crippen LogP contribution in [0, 0.1) is 13.8 Å². The van der Waals surface area contributed by atoms with Gasteiger partial charge in [0, 0.05) is 23.6 Å². The third-order valence-electron chi connectivity index (χ3n) is 4.66. The fraction of sp³-hybridized carbons (Fsp3) is 0.208. The van der Waals surface area contributed by atoms with E-state index in [0.29, 0.717) is 29.6 Å². The standard InChI is InChI=1S/C24H26N4O3/c1-16-7-9-20(17(2)12-16)27-24(26-15-18-6-5-11-25-14-18)28-23(29)19-8-10-21(30-3)22(13-19)31-4/h5-14H,15H2,1-4H3,(H2,26,27,28,29). The Labute approximate surface area is 182 Å². The van der Waals surface area contributed by atoms with Crippen molar-refractivity contribution in [1.82, 2.24) is 10.3 Å². The number of benzene rings is 2. The molecular formula is C24H26N4O3. The number of pyridine rings is 1. The Morgan fingerprint density at radius 1 is 1.03 bits per heavy atom. The molecule has 1 heterocycles. The molecule has 0 atom stereocenters. The van der Waals surface area contributed by atoms with Crippen LogP contribution >= 0.6 is 0 Å². The lowest BCUT2D eigenvalue weighted by atomic mass is 10.1. The highest BCUT2D eigenvalue weighted by atomic mass is 16.5. The van der Waals surface area contributed by atoms with E-state index in [4.69, 9.17) is 9.47 Å². The maximum atomic E-state index is 12.9. The molecule has 0 fully saturated rings. The van der Waals surface area contributed by atoms with Gasteiger partial charge in [-0.25, -0.2) is 4.99 Å². The number of carbonyl (C=O) groups is 1. The lowest BCUT2D eigenvalue weighted by molar-refractivity contribution is 0.0976. The number of nitrogens with zero attached hydrogens (tertiary/aromatic N) is 2. The second-order valence-electron chi connectivity index (χ2n) is 6.99. The highest BCUT2D eigenvalue weighted by molar-refractivity contribution is 6.10. The molecule has 7 heteroatoms. The van der Waals surface area contributed by atoms with Crippen LogP contribution in [0.5, 0.6) is 11.5 Å². The molecule has 160 valence electrons. The van der Waals surface area contributed by atoms with E-state index in [2.05, 4.69) is 26.7 Å². The number of anilines is 1. The summed E-state index contributed by atoms with van der Waals surface area (Å²) in [4.78, 5) is 21.6. The van der Waals surface area contributed by atoms with Crippen LogP contribution in [-0.2, 0) is 6.54 Å². The zero-order valence-corrected chi connectivity index (χ0v) is 18.1. The largest absolute Gasteiger partial charge is 0.493 e. The Kier molecular flexibility index (Phi) is 7.22. The van der Waals surface area contributed by atoms with E-state index in [1.165, 1.54) is 7.11 Å². The number of aryl methyl sites for hydroxylation is 2. The molecule has 0 bridgehead atoms. The Hall–Kier alpha value is -3.87. The van der Waals surface area contributed by atoms with Crippen molar-refractivity contribution < 1.29 is 14.3 Å². The molecular weight excluding hydrogens is 392 g/mol. The molecule has 3 rings (SSSR count). The molecule has 2 aromatic carbocycles. The fourth-order valence-electron chi connectivity index (χ4n) is 3.01. The molecule has 0 saturated heterocycles. The minimum atomic E-state index is -0.317. The van der Waals surface area contributed by atoms with Gasteiger partial charge in [-0.2, -0.15) is 0 Å². The highest BCUT2D eigenvalue weighted by Gasteiger charge is 2.13. The molecule has 3 aromatic rings. The van der Waals surface area contributed by atoms with E-state index in [9.17, 15) is 4.79 Å². The zero-order valence-electron chi connectivity index (χ0n) is 18.1. The third-order valence-corrected chi connectivity index (χ3v) is 4.66. The predicted molar refractivity (Wildman–Crippen MR) is 122 cm³/mol. The number of aliphatic imine (C=N–C) groups is 1. The second kappa shape index (κ2) is 10.2. The van der Waals surface area contributed by atoms with Gasteiger partial charge in [-0.15, -0.1) is 0 Å². The zero-order chi connectivity index (χ0) is 22.2. The van der Waals surface area contributed by atoms with E-state index in [1.54, 1.807) is 37.7 Å². The van der Waals surface area contributed by atoms with Gasteiger partial charge < -0.3 is 14.8 Å². The van der Waals surface area contributed by atoms with Gasteiger partial charge in [0.1, 0.15) is 0 Å². The number of methoxy groups -OCH3 is 2. The Balaban J connectivity index is 1.85. The first-order chi connectivity index (χ1) is 15.0. The first-order valence-electron chi connectivity index (χ1n) is 9.81. The molecule has 0 aliphatic carbocycles.